The maximum atomic E-state index is 5.85. The number of thiophene rings is 1. The van der Waals surface area contributed by atoms with Crippen molar-refractivity contribution in [3.63, 3.8) is 0 Å². The van der Waals surface area contributed by atoms with Gasteiger partial charge in [0.2, 0.25) is 0 Å². The number of aliphatic imine (C=N–C) groups is 1. The highest BCUT2D eigenvalue weighted by Crippen LogP contribution is 2.21. The zero-order valence-corrected chi connectivity index (χ0v) is 10.2. The van der Waals surface area contributed by atoms with Crippen molar-refractivity contribution in [2.45, 2.75) is 25.4 Å². The summed E-state index contributed by atoms with van der Waals surface area (Å²) in [5, 5.41) is 6.59. The van der Waals surface area contributed by atoms with E-state index in [4.69, 9.17) is 11.6 Å². The molecule has 1 aromatic heterocycles. The molecule has 1 fully saturated rings. The minimum Gasteiger partial charge on any atom is -0.354 e. The topological polar surface area (TPSA) is 36.4 Å². The lowest BCUT2D eigenvalue weighted by Crippen LogP contribution is -2.37. The molecule has 0 aliphatic heterocycles. The van der Waals surface area contributed by atoms with Crippen LogP contribution in [0.1, 0.15) is 17.7 Å². The van der Waals surface area contributed by atoms with E-state index in [9.17, 15) is 0 Å². The summed E-state index contributed by atoms with van der Waals surface area (Å²) < 4.78 is 0.830. The SMILES string of the molecule is CN=C(NCc1ccc(Cl)s1)NC1CC1. The smallest absolute Gasteiger partial charge is 0.191 e. The Labute approximate surface area is 98.6 Å². The lowest BCUT2D eigenvalue weighted by Gasteiger charge is -2.09. The van der Waals surface area contributed by atoms with Gasteiger partial charge in [0, 0.05) is 18.0 Å². The largest absolute Gasteiger partial charge is 0.354 e. The number of nitrogens with zero attached hydrogens (tertiary/aromatic N) is 1. The molecule has 0 amide bonds. The van der Waals surface area contributed by atoms with Gasteiger partial charge in [-0.3, -0.25) is 4.99 Å². The summed E-state index contributed by atoms with van der Waals surface area (Å²) in [6.07, 6.45) is 2.51. The second-order valence-electron chi connectivity index (χ2n) is 3.55. The van der Waals surface area contributed by atoms with Crippen LogP contribution in [0.25, 0.3) is 0 Å². The van der Waals surface area contributed by atoms with E-state index >= 15 is 0 Å². The van der Waals surface area contributed by atoms with E-state index in [1.807, 2.05) is 12.1 Å². The van der Waals surface area contributed by atoms with Crippen LogP contribution in [0.5, 0.6) is 0 Å². The molecule has 0 spiro atoms. The second kappa shape index (κ2) is 4.86. The monoisotopic (exact) mass is 243 g/mol. The van der Waals surface area contributed by atoms with Crippen molar-refractivity contribution in [1.82, 2.24) is 10.6 Å². The van der Waals surface area contributed by atoms with E-state index in [2.05, 4.69) is 15.6 Å². The Morgan fingerprint density at radius 2 is 2.40 bits per heavy atom. The zero-order chi connectivity index (χ0) is 10.7. The molecule has 1 saturated carbocycles. The van der Waals surface area contributed by atoms with Crippen molar-refractivity contribution in [1.29, 1.82) is 0 Å². The summed E-state index contributed by atoms with van der Waals surface area (Å²) in [6, 6.07) is 4.58. The van der Waals surface area contributed by atoms with Crippen LogP contribution in [-0.2, 0) is 6.54 Å². The molecule has 82 valence electrons. The lowest BCUT2D eigenvalue weighted by molar-refractivity contribution is 0.811. The maximum Gasteiger partial charge on any atom is 0.191 e. The Hall–Kier alpha value is -0.740. The lowest BCUT2D eigenvalue weighted by atomic mass is 10.4. The first-order valence-electron chi connectivity index (χ1n) is 4.99. The number of hydrogen-bond acceptors (Lipinski definition) is 2. The van der Waals surface area contributed by atoms with Crippen molar-refractivity contribution < 1.29 is 0 Å². The van der Waals surface area contributed by atoms with Crippen LogP contribution in [0.4, 0.5) is 0 Å². The third-order valence-corrected chi connectivity index (χ3v) is 3.43. The summed E-state index contributed by atoms with van der Waals surface area (Å²) >= 11 is 7.44. The highest BCUT2D eigenvalue weighted by atomic mass is 35.5. The fourth-order valence-electron chi connectivity index (χ4n) is 1.23. The molecule has 1 aliphatic carbocycles. The average molecular weight is 244 g/mol. The first-order chi connectivity index (χ1) is 7.28. The molecule has 5 heteroatoms. The van der Waals surface area contributed by atoms with Crippen molar-refractivity contribution in [2.75, 3.05) is 7.05 Å². The molecule has 1 aliphatic rings. The molecule has 2 N–H and O–H groups in total. The van der Waals surface area contributed by atoms with Gasteiger partial charge in [-0.2, -0.15) is 0 Å². The number of halogens is 1. The fourth-order valence-corrected chi connectivity index (χ4v) is 2.26. The zero-order valence-electron chi connectivity index (χ0n) is 8.59. The van der Waals surface area contributed by atoms with Gasteiger partial charge >= 0.3 is 0 Å². The highest BCUT2D eigenvalue weighted by molar-refractivity contribution is 7.16. The van der Waals surface area contributed by atoms with Gasteiger partial charge in [-0.15, -0.1) is 11.3 Å². The molecule has 0 radical (unpaired) electrons. The van der Waals surface area contributed by atoms with E-state index in [0.29, 0.717) is 6.04 Å². The molecule has 0 aromatic carbocycles. The van der Waals surface area contributed by atoms with E-state index in [0.717, 1.165) is 16.8 Å². The molecular weight excluding hydrogens is 230 g/mol. The van der Waals surface area contributed by atoms with Gasteiger partial charge in [0.05, 0.1) is 10.9 Å². The Kier molecular flexibility index (Phi) is 3.49. The second-order valence-corrected chi connectivity index (χ2v) is 5.35. The Morgan fingerprint density at radius 3 is 2.93 bits per heavy atom. The van der Waals surface area contributed by atoms with E-state index in [-0.39, 0.29) is 0 Å². The van der Waals surface area contributed by atoms with Crippen LogP contribution in [0.2, 0.25) is 4.34 Å². The normalized spacial score (nSPS) is 16.5. The third-order valence-electron chi connectivity index (χ3n) is 2.20. The minimum absolute atomic E-state index is 0.628. The van der Waals surface area contributed by atoms with Crippen LogP contribution in [-0.4, -0.2) is 19.0 Å². The third kappa shape index (κ3) is 3.39. The molecule has 0 saturated heterocycles. The molecule has 0 atom stereocenters. The van der Waals surface area contributed by atoms with Gasteiger partial charge in [0.1, 0.15) is 0 Å². The summed E-state index contributed by atoms with van der Waals surface area (Å²) in [5.41, 5.74) is 0. The minimum atomic E-state index is 0.628. The van der Waals surface area contributed by atoms with Gasteiger partial charge in [0.15, 0.2) is 5.96 Å². The predicted molar refractivity (Wildman–Crippen MR) is 65.7 cm³/mol. The standard InChI is InChI=1S/C10H14ClN3S/c1-12-10(14-7-2-3-7)13-6-8-4-5-9(11)15-8/h4-5,7H,2-3,6H2,1H3,(H2,12,13,14). The van der Waals surface area contributed by atoms with Crippen LogP contribution >= 0.6 is 22.9 Å². The van der Waals surface area contributed by atoms with Crippen molar-refractivity contribution >= 4 is 28.9 Å². The number of guanidine groups is 1. The van der Waals surface area contributed by atoms with Crippen molar-refractivity contribution in [3.05, 3.63) is 21.3 Å². The first-order valence-corrected chi connectivity index (χ1v) is 6.19. The molecule has 15 heavy (non-hydrogen) atoms. The van der Waals surface area contributed by atoms with Crippen molar-refractivity contribution in [2.24, 2.45) is 4.99 Å². The number of hydrogen-bond donors (Lipinski definition) is 2. The maximum absolute atomic E-state index is 5.85. The van der Waals surface area contributed by atoms with Crippen LogP contribution in [0, 0.1) is 0 Å². The van der Waals surface area contributed by atoms with Gasteiger partial charge < -0.3 is 10.6 Å². The number of rotatable bonds is 3. The first kappa shape index (κ1) is 10.8. The van der Waals surface area contributed by atoms with E-state index < -0.39 is 0 Å². The summed E-state index contributed by atoms with van der Waals surface area (Å²) in [7, 11) is 1.79. The Balaban J connectivity index is 1.80. The van der Waals surface area contributed by atoms with Crippen molar-refractivity contribution in [3.8, 4) is 0 Å². The fraction of sp³-hybridized carbons (Fsp3) is 0.500. The highest BCUT2D eigenvalue weighted by Gasteiger charge is 2.21. The molecule has 0 unspecified atom stereocenters. The molecule has 1 heterocycles. The average Bonchev–Trinajstić information content (AvgIpc) is 2.95. The number of nitrogens with one attached hydrogen (secondary N) is 2. The molecule has 0 bridgehead atoms. The summed E-state index contributed by atoms with van der Waals surface area (Å²) in [4.78, 5) is 5.38. The summed E-state index contributed by atoms with van der Waals surface area (Å²) in [6.45, 7) is 0.782. The Bertz CT molecular complexity index is 357. The van der Waals surface area contributed by atoms with E-state index in [1.165, 1.54) is 17.7 Å². The molecule has 3 nitrogen and oxygen atoms in total. The molecule has 1 aromatic rings. The van der Waals surface area contributed by atoms with Gasteiger partial charge in [-0.1, -0.05) is 11.6 Å². The predicted octanol–water partition coefficient (Wildman–Crippen LogP) is 2.23. The van der Waals surface area contributed by atoms with Gasteiger partial charge in [-0.25, -0.2) is 0 Å². The van der Waals surface area contributed by atoms with Gasteiger partial charge in [0.25, 0.3) is 0 Å². The summed E-state index contributed by atoms with van der Waals surface area (Å²) in [5.74, 6) is 0.877. The van der Waals surface area contributed by atoms with Crippen LogP contribution in [0.15, 0.2) is 17.1 Å². The van der Waals surface area contributed by atoms with E-state index in [1.54, 1.807) is 18.4 Å². The van der Waals surface area contributed by atoms with Gasteiger partial charge in [-0.05, 0) is 25.0 Å². The van der Waals surface area contributed by atoms with Crippen LogP contribution in [0.3, 0.4) is 0 Å². The molecule has 2 rings (SSSR count). The quantitative estimate of drug-likeness (QED) is 0.631. The molecular formula is C10H14ClN3S. The Morgan fingerprint density at radius 1 is 1.60 bits per heavy atom. The van der Waals surface area contributed by atoms with Crippen LogP contribution < -0.4 is 10.6 Å².